The van der Waals surface area contributed by atoms with Gasteiger partial charge in [-0.25, -0.2) is 4.98 Å². The fourth-order valence-corrected chi connectivity index (χ4v) is 2.33. The Morgan fingerprint density at radius 2 is 2.00 bits per heavy atom. The highest BCUT2D eigenvalue weighted by molar-refractivity contribution is 5.79. The van der Waals surface area contributed by atoms with Gasteiger partial charge in [0.05, 0.1) is 16.6 Å². The van der Waals surface area contributed by atoms with Gasteiger partial charge in [0.2, 0.25) is 5.95 Å². The summed E-state index contributed by atoms with van der Waals surface area (Å²) in [6, 6.07) is 3.61. The average molecular weight is 300 g/mol. The van der Waals surface area contributed by atoms with Gasteiger partial charge in [0, 0.05) is 6.04 Å². The van der Waals surface area contributed by atoms with Crippen molar-refractivity contribution in [2.75, 3.05) is 26.4 Å². The Balaban J connectivity index is 2.39. The van der Waals surface area contributed by atoms with E-state index >= 15 is 0 Å². The van der Waals surface area contributed by atoms with Crippen LogP contribution in [0.2, 0.25) is 0 Å². The Bertz CT molecular complexity index is 631. The summed E-state index contributed by atoms with van der Waals surface area (Å²) < 4.78 is 40.0. The van der Waals surface area contributed by atoms with Crippen LogP contribution < -0.4 is 5.73 Å². The van der Waals surface area contributed by atoms with Gasteiger partial charge in [-0.15, -0.1) is 0 Å². The lowest BCUT2D eigenvalue weighted by atomic mass is 10.1. The van der Waals surface area contributed by atoms with E-state index < -0.39 is 11.7 Å². The summed E-state index contributed by atoms with van der Waals surface area (Å²) in [5, 5.41) is 0. The van der Waals surface area contributed by atoms with E-state index in [1.54, 1.807) is 4.57 Å². The van der Waals surface area contributed by atoms with E-state index in [-0.39, 0.29) is 17.5 Å². The molecule has 2 N–H and O–H groups in total. The number of nitrogen functional groups attached to an aromatic ring is 1. The van der Waals surface area contributed by atoms with Crippen molar-refractivity contribution in [1.82, 2.24) is 14.5 Å². The minimum Gasteiger partial charge on any atom is -0.369 e. The monoisotopic (exact) mass is 300 g/mol. The fourth-order valence-electron chi connectivity index (χ4n) is 2.33. The number of hydrogen-bond donors (Lipinski definition) is 1. The molecule has 21 heavy (non-hydrogen) atoms. The van der Waals surface area contributed by atoms with Gasteiger partial charge in [-0.2, -0.15) is 13.2 Å². The maximum absolute atomic E-state index is 12.7. The first-order chi connectivity index (χ1) is 9.70. The van der Waals surface area contributed by atoms with Crippen molar-refractivity contribution in [2.24, 2.45) is 0 Å². The Morgan fingerprint density at radius 1 is 1.33 bits per heavy atom. The number of nitrogens with zero attached hydrogens (tertiary/aromatic N) is 3. The molecule has 0 bridgehead atoms. The molecule has 0 saturated heterocycles. The molecule has 0 radical (unpaired) electrons. The van der Waals surface area contributed by atoms with E-state index in [9.17, 15) is 13.2 Å². The predicted octanol–water partition coefficient (Wildman–Crippen LogP) is 3.15. The standard InChI is InChI=1S/C14H19F3N4/c1-9(6-7-20(2)3)21-12-5-4-10(14(15,16)17)8-11(12)19-13(21)18/h4-5,8-9H,6-7H2,1-3H3,(H2,18,19). The van der Waals surface area contributed by atoms with Gasteiger partial charge in [-0.05, 0) is 52.2 Å². The van der Waals surface area contributed by atoms with Crippen LogP contribution in [0.1, 0.15) is 24.9 Å². The number of hydrogen-bond acceptors (Lipinski definition) is 3. The van der Waals surface area contributed by atoms with Crippen LogP contribution in [0.5, 0.6) is 0 Å². The molecule has 1 heterocycles. The molecule has 0 aliphatic rings. The molecule has 7 heteroatoms. The molecule has 0 amide bonds. The molecule has 0 fully saturated rings. The lowest BCUT2D eigenvalue weighted by Crippen LogP contribution is -2.18. The molecular formula is C14H19F3N4. The maximum Gasteiger partial charge on any atom is 0.416 e. The van der Waals surface area contributed by atoms with Crippen molar-refractivity contribution >= 4 is 17.0 Å². The maximum atomic E-state index is 12.7. The second-order valence-electron chi connectivity index (χ2n) is 5.48. The second kappa shape index (κ2) is 5.55. The first kappa shape index (κ1) is 15.6. The van der Waals surface area contributed by atoms with Crippen LogP contribution >= 0.6 is 0 Å². The van der Waals surface area contributed by atoms with Crippen LogP contribution in [-0.2, 0) is 6.18 Å². The minimum atomic E-state index is -4.37. The predicted molar refractivity (Wildman–Crippen MR) is 77.0 cm³/mol. The highest BCUT2D eigenvalue weighted by atomic mass is 19.4. The highest BCUT2D eigenvalue weighted by Gasteiger charge is 2.31. The molecule has 1 aromatic heterocycles. The number of fused-ring (bicyclic) bond motifs is 1. The Hall–Kier alpha value is -1.76. The summed E-state index contributed by atoms with van der Waals surface area (Å²) in [5.41, 5.74) is 6.08. The zero-order valence-corrected chi connectivity index (χ0v) is 12.3. The molecular weight excluding hydrogens is 281 g/mol. The van der Waals surface area contributed by atoms with Crippen LogP contribution in [-0.4, -0.2) is 35.1 Å². The third kappa shape index (κ3) is 3.29. The van der Waals surface area contributed by atoms with Gasteiger partial charge in [0.25, 0.3) is 0 Å². The summed E-state index contributed by atoms with van der Waals surface area (Å²) >= 11 is 0. The molecule has 0 aliphatic carbocycles. The van der Waals surface area contributed by atoms with Gasteiger partial charge >= 0.3 is 6.18 Å². The molecule has 2 aromatic rings. The largest absolute Gasteiger partial charge is 0.416 e. The lowest BCUT2D eigenvalue weighted by molar-refractivity contribution is -0.137. The number of aromatic nitrogens is 2. The number of benzene rings is 1. The SMILES string of the molecule is CC(CCN(C)C)n1c(N)nc2cc(C(F)(F)F)ccc21. The Kier molecular flexibility index (Phi) is 4.13. The van der Waals surface area contributed by atoms with Crippen LogP contribution in [0.3, 0.4) is 0 Å². The normalized spacial score (nSPS) is 14.0. The molecule has 4 nitrogen and oxygen atoms in total. The number of alkyl halides is 3. The van der Waals surface area contributed by atoms with Gasteiger partial charge in [-0.3, -0.25) is 0 Å². The molecule has 1 atom stereocenters. The Labute approximate surface area is 121 Å². The summed E-state index contributed by atoms with van der Waals surface area (Å²) in [6.45, 7) is 2.85. The minimum absolute atomic E-state index is 0.0640. The molecule has 0 saturated carbocycles. The number of rotatable bonds is 4. The molecule has 1 aromatic carbocycles. The van der Waals surface area contributed by atoms with Crippen LogP contribution in [0.15, 0.2) is 18.2 Å². The van der Waals surface area contributed by atoms with Crippen molar-refractivity contribution in [2.45, 2.75) is 25.6 Å². The average Bonchev–Trinajstić information content (AvgIpc) is 2.69. The van der Waals surface area contributed by atoms with Crippen LogP contribution in [0.25, 0.3) is 11.0 Å². The van der Waals surface area contributed by atoms with Gasteiger partial charge in [0.1, 0.15) is 0 Å². The second-order valence-corrected chi connectivity index (χ2v) is 5.48. The van der Waals surface area contributed by atoms with Crippen molar-refractivity contribution in [3.8, 4) is 0 Å². The Morgan fingerprint density at radius 3 is 2.57 bits per heavy atom. The summed E-state index contributed by atoms with van der Waals surface area (Å²) in [6.07, 6.45) is -3.53. The van der Waals surface area contributed by atoms with Crippen molar-refractivity contribution in [3.05, 3.63) is 23.8 Å². The molecule has 0 spiro atoms. The summed E-state index contributed by atoms with van der Waals surface area (Å²) in [5.74, 6) is 0.246. The number of anilines is 1. The molecule has 0 aliphatic heterocycles. The third-order valence-corrected chi connectivity index (χ3v) is 3.48. The molecule has 116 valence electrons. The lowest BCUT2D eigenvalue weighted by Gasteiger charge is -2.18. The van der Waals surface area contributed by atoms with E-state index in [1.165, 1.54) is 6.07 Å². The molecule has 1 unspecified atom stereocenters. The van der Waals surface area contributed by atoms with Crippen LogP contribution in [0.4, 0.5) is 19.1 Å². The number of nitrogens with two attached hydrogens (primary N) is 1. The van der Waals surface area contributed by atoms with E-state index in [4.69, 9.17) is 5.73 Å². The van der Waals surface area contributed by atoms with Crippen LogP contribution in [0, 0.1) is 0 Å². The van der Waals surface area contributed by atoms with E-state index in [0.717, 1.165) is 25.1 Å². The number of halogens is 3. The van der Waals surface area contributed by atoms with E-state index in [2.05, 4.69) is 4.98 Å². The summed E-state index contributed by atoms with van der Waals surface area (Å²) in [7, 11) is 3.94. The fraction of sp³-hybridized carbons (Fsp3) is 0.500. The zero-order chi connectivity index (χ0) is 15.8. The zero-order valence-electron chi connectivity index (χ0n) is 12.3. The first-order valence-electron chi connectivity index (χ1n) is 6.69. The topological polar surface area (TPSA) is 47.1 Å². The smallest absolute Gasteiger partial charge is 0.369 e. The molecule has 2 rings (SSSR count). The van der Waals surface area contributed by atoms with Crippen molar-refractivity contribution < 1.29 is 13.2 Å². The van der Waals surface area contributed by atoms with Gasteiger partial charge in [0.15, 0.2) is 0 Å². The first-order valence-corrected chi connectivity index (χ1v) is 6.69. The quantitative estimate of drug-likeness (QED) is 0.943. The van der Waals surface area contributed by atoms with E-state index in [1.807, 2.05) is 25.9 Å². The summed E-state index contributed by atoms with van der Waals surface area (Å²) in [4.78, 5) is 6.11. The van der Waals surface area contributed by atoms with Gasteiger partial charge < -0.3 is 15.2 Å². The highest BCUT2D eigenvalue weighted by Crippen LogP contribution is 2.33. The number of imidazole rings is 1. The van der Waals surface area contributed by atoms with Crippen molar-refractivity contribution in [1.29, 1.82) is 0 Å². The van der Waals surface area contributed by atoms with Crippen molar-refractivity contribution in [3.63, 3.8) is 0 Å². The van der Waals surface area contributed by atoms with E-state index in [0.29, 0.717) is 5.52 Å². The van der Waals surface area contributed by atoms with Gasteiger partial charge in [-0.1, -0.05) is 0 Å². The third-order valence-electron chi connectivity index (χ3n) is 3.48.